The zero-order valence-corrected chi connectivity index (χ0v) is 12.5. The summed E-state index contributed by atoms with van der Waals surface area (Å²) in [6.45, 7) is 8.71. The number of carbonyl (C=O) groups excluding carboxylic acids is 1. The predicted molar refractivity (Wildman–Crippen MR) is 77.7 cm³/mol. The number of amides is 1. The molecular weight excluding hydrogens is 258 g/mol. The van der Waals surface area contributed by atoms with Gasteiger partial charge < -0.3 is 15.8 Å². The van der Waals surface area contributed by atoms with E-state index in [-0.39, 0.29) is 29.3 Å². The van der Waals surface area contributed by atoms with E-state index in [1.165, 1.54) is 13.3 Å². The van der Waals surface area contributed by atoms with Crippen LogP contribution in [0.2, 0.25) is 0 Å². The largest absolute Gasteiger partial charge is 0.480 e. The molecule has 112 valence electrons. The van der Waals surface area contributed by atoms with Crippen LogP contribution in [0.4, 0.5) is 5.95 Å². The molecule has 1 heterocycles. The zero-order chi connectivity index (χ0) is 15.1. The standard InChI is InChI=1S/C13H23N5O2/c1-5-18(6-2)9(3)7-15-11(19)10-8-16-13(14)17-12(10)20-4/h8-9H,5-7H2,1-4H3,(H,15,19)(H2,14,16,17)/t9-/m1/s1. The number of nitrogens with zero attached hydrogens (tertiary/aromatic N) is 3. The van der Waals surface area contributed by atoms with Crippen LogP contribution in [0, 0.1) is 0 Å². The number of carbonyl (C=O) groups is 1. The minimum atomic E-state index is -0.263. The minimum absolute atomic E-state index is 0.0786. The quantitative estimate of drug-likeness (QED) is 0.757. The topological polar surface area (TPSA) is 93.4 Å². The number of likely N-dealkylation sites (N-methyl/N-ethyl adjacent to an activating group) is 1. The summed E-state index contributed by atoms with van der Waals surface area (Å²) in [5.41, 5.74) is 5.75. The number of methoxy groups -OCH3 is 1. The van der Waals surface area contributed by atoms with Crippen molar-refractivity contribution < 1.29 is 9.53 Å². The van der Waals surface area contributed by atoms with Gasteiger partial charge in [-0.3, -0.25) is 9.69 Å². The Morgan fingerprint density at radius 2 is 2.15 bits per heavy atom. The second kappa shape index (κ2) is 7.64. The lowest BCUT2D eigenvalue weighted by atomic mass is 10.2. The van der Waals surface area contributed by atoms with Crippen LogP contribution < -0.4 is 15.8 Å². The molecule has 1 aromatic heterocycles. The van der Waals surface area contributed by atoms with Crippen molar-refractivity contribution in [3.8, 4) is 5.88 Å². The van der Waals surface area contributed by atoms with Crippen LogP contribution in [0.5, 0.6) is 5.88 Å². The number of rotatable bonds is 7. The van der Waals surface area contributed by atoms with E-state index >= 15 is 0 Å². The first kappa shape index (κ1) is 16.2. The first-order valence-corrected chi connectivity index (χ1v) is 6.72. The normalized spacial score (nSPS) is 12.2. The SMILES string of the molecule is CCN(CC)[C@H](C)CNC(=O)c1cnc(N)nc1OC. The van der Waals surface area contributed by atoms with Crippen molar-refractivity contribution >= 4 is 11.9 Å². The van der Waals surface area contributed by atoms with Crippen molar-refractivity contribution in [1.29, 1.82) is 0 Å². The monoisotopic (exact) mass is 281 g/mol. The Kier molecular flexibility index (Phi) is 6.17. The molecular formula is C13H23N5O2. The van der Waals surface area contributed by atoms with Crippen molar-refractivity contribution in [2.75, 3.05) is 32.5 Å². The van der Waals surface area contributed by atoms with E-state index in [9.17, 15) is 4.79 Å². The maximum absolute atomic E-state index is 12.1. The molecule has 0 aliphatic rings. The average Bonchev–Trinajstić information content (AvgIpc) is 2.45. The van der Waals surface area contributed by atoms with E-state index in [1.54, 1.807) is 0 Å². The molecule has 7 heteroatoms. The molecule has 0 aliphatic heterocycles. The first-order valence-electron chi connectivity index (χ1n) is 6.72. The van der Waals surface area contributed by atoms with Crippen LogP contribution in [-0.4, -0.2) is 53.6 Å². The van der Waals surface area contributed by atoms with E-state index in [4.69, 9.17) is 10.5 Å². The maximum Gasteiger partial charge on any atom is 0.258 e. The molecule has 0 bridgehead atoms. The molecule has 0 fully saturated rings. The smallest absolute Gasteiger partial charge is 0.258 e. The molecule has 1 amide bonds. The minimum Gasteiger partial charge on any atom is -0.480 e. The fourth-order valence-corrected chi connectivity index (χ4v) is 2.00. The second-order valence-electron chi connectivity index (χ2n) is 4.43. The fraction of sp³-hybridized carbons (Fsp3) is 0.615. The highest BCUT2D eigenvalue weighted by Crippen LogP contribution is 2.14. The van der Waals surface area contributed by atoms with Crippen LogP contribution in [0.1, 0.15) is 31.1 Å². The van der Waals surface area contributed by atoms with Crippen LogP contribution in [0.15, 0.2) is 6.20 Å². The van der Waals surface area contributed by atoms with Crippen molar-refractivity contribution in [1.82, 2.24) is 20.2 Å². The van der Waals surface area contributed by atoms with Gasteiger partial charge in [-0.05, 0) is 20.0 Å². The van der Waals surface area contributed by atoms with Gasteiger partial charge in [-0.1, -0.05) is 13.8 Å². The van der Waals surface area contributed by atoms with Crippen molar-refractivity contribution in [2.24, 2.45) is 0 Å². The summed E-state index contributed by atoms with van der Waals surface area (Å²) >= 11 is 0. The van der Waals surface area contributed by atoms with Crippen LogP contribution in [0.25, 0.3) is 0 Å². The molecule has 1 aromatic rings. The van der Waals surface area contributed by atoms with Gasteiger partial charge in [-0.2, -0.15) is 4.98 Å². The van der Waals surface area contributed by atoms with Crippen molar-refractivity contribution in [2.45, 2.75) is 26.8 Å². The number of hydrogen-bond donors (Lipinski definition) is 2. The molecule has 0 aliphatic carbocycles. The van der Waals surface area contributed by atoms with Gasteiger partial charge in [0.25, 0.3) is 5.91 Å². The van der Waals surface area contributed by atoms with E-state index < -0.39 is 0 Å². The highest BCUT2D eigenvalue weighted by atomic mass is 16.5. The van der Waals surface area contributed by atoms with Gasteiger partial charge in [-0.15, -0.1) is 0 Å². The van der Waals surface area contributed by atoms with Crippen molar-refractivity contribution in [3.05, 3.63) is 11.8 Å². The Balaban J connectivity index is 2.68. The third kappa shape index (κ3) is 4.06. The van der Waals surface area contributed by atoms with Gasteiger partial charge in [0.2, 0.25) is 11.8 Å². The number of anilines is 1. The number of ether oxygens (including phenoxy) is 1. The van der Waals surface area contributed by atoms with E-state index in [0.717, 1.165) is 13.1 Å². The molecule has 0 radical (unpaired) electrons. The summed E-state index contributed by atoms with van der Waals surface area (Å²) in [7, 11) is 1.44. The Labute approximate surface area is 119 Å². The molecule has 0 spiro atoms. The molecule has 20 heavy (non-hydrogen) atoms. The lowest BCUT2D eigenvalue weighted by Gasteiger charge is -2.26. The lowest BCUT2D eigenvalue weighted by Crippen LogP contribution is -2.42. The number of aromatic nitrogens is 2. The predicted octanol–water partition coefficient (Wildman–Crippen LogP) is 0.528. The summed E-state index contributed by atoms with van der Waals surface area (Å²) < 4.78 is 5.04. The first-order chi connectivity index (χ1) is 9.53. The second-order valence-corrected chi connectivity index (χ2v) is 4.43. The highest BCUT2D eigenvalue weighted by molar-refractivity contribution is 5.96. The molecule has 0 saturated carbocycles. The van der Waals surface area contributed by atoms with Gasteiger partial charge in [0, 0.05) is 18.8 Å². The molecule has 7 nitrogen and oxygen atoms in total. The number of nitrogens with two attached hydrogens (primary N) is 1. The van der Waals surface area contributed by atoms with E-state index in [0.29, 0.717) is 6.54 Å². The summed E-state index contributed by atoms with van der Waals surface area (Å²) in [6, 6.07) is 0.259. The third-order valence-electron chi connectivity index (χ3n) is 3.20. The summed E-state index contributed by atoms with van der Waals surface area (Å²) in [4.78, 5) is 22.1. The average molecular weight is 281 g/mol. The van der Waals surface area contributed by atoms with Gasteiger partial charge in [-0.25, -0.2) is 4.98 Å². The molecule has 3 N–H and O–H groups in total. The summed E-state index contributed by atoms with van der Waals surface area (Å²) in [5, 5.41) is 2.86. The van der Waals surface area contributed by atoms with Gasteiger partial charge >= 0.3 is 0 Å². The Morgan fingerprint density at radius 3 is 2.70 bits per heavy atom. The van der Waals surface area contributed by atoms with Crippen LogP contribution in [-0.2, 0) is 0 Å². The Bertz CT molecular complexity index is 448. The highest BCUT2D eigenvalue weighted by Gasteiger charge is 2.17. The maximum atomic E-state index is 12.1. The number of nitrogen functional groups attached to an aromatic ring is 1. The lowest BCUT2D eigenvalue weighted by molar-refractivity contribution is 0.0934. The van der Waals surface area contributed by atoms with E-state index in [1.807, 2.05) is 0 Å². The molecule has 0 saturated heterocycles. The molecule has 0 unspecified atom stereocenters. The third-order valence-corrected chi connectivity index (χ3v) is 3.20. The molecule has 0 aromatic carbocycles. The fourth-order valence-electron chi connectivity index (χ4n) is 2.00. The van der Waals surface area contributed by atoms with E-state index in [2.05, 4.69) is 41.0 Å². The van der Waals surface area contributed by atoms with Gasteiger partial charge in [0.05, 0.1) is 7.11 Å². The molecule has 1 rings (SSSR count). The Hall–Kier alpha value is -1.89. The van der Waals surface area contributed by atoms with Gasteiger partial charge in [0.1, 0.15) is 5.56 Å². The van der Waals surface area contributed by atoms with Crippen LogP contribution in [0.3, 0.4) is 0 Å². The van der Waals surface area contributed by atoms with Gasteiger partial charge in [0.15, 0.2) is 0 Å². The van der Waals surface area contributed by atoms with Crippen molar-refractivity contribution in [3.63, 3.8) is 0 Å². The van der Waals surface area contributed by atoms with Crippen LogP contribution >= 0.6 is 0 Å². The summed E-state index contributed by atoms with van der Waals surface area (Å²) in [6.07, 6.45) is 1.37. The summed E-state index contributed by atoms with van der Waals surface area (Å²) in [5.74, 6) is 0.00116. The Morgan fingerprint density at radius 1 is 1.50 bits per heavy atom. The molecule has 1 atom stereocenters. The zero-order valence-electron chi connectivity index (χ0n) is 12.5. The number of hydrogen-bond acceptors (Lipinski definition) is 6. The number of nitrogens with one attached hydrogen (secondary N) is 1.